The highest BCUT2D eigenvalue weighted by Gasteiger charge is 2.13. The quantitative estimate of drug-likeness (QED) is 0.858. The summed E-state index contributed by atoms with van der Waals surface area (Å²) in [5, 5.41) is 0. The second-order valence-corrected chi connectivity index (χ2v) is 7.55. The van der Waals surface area contributed by atoms with E-state index < -0.39 is 11.0 Å². The minimum Gasteiger partial charge on any atom is -0.301 e. The summed E-state index contributed by atoms with van der Waals surface area (Å²) < 4.78 is 15.3. The largest absolute Gasteiger partial charge is 0.301 e. The summed E-state index contributed by atoms with van der Waals surface area (Å²) in [5.41, 5.74) is 3.55. The fourth-order valence-electron chi connectivity index (χ4n) is 2.07. The summed E-state index contributed by atoms with van der Waals surface area (Å²) in [6.45, 7) is 8.32. The van der Waals surface area contributed by atoms with Crippen molar-refractivity contribution in [3.05, 3.63) is 59.2 Å². The van der Waals surface area contributed by atoms with Crippen LogP contribution in [-0.4, -0.2) is 10.5 Å². The van der Waals surface area contributed by atoms with Gasteiger partial charge in [0.2, 0.25) is 0 Å². The number of benzene rings is 2. The molecule has 0 saturated heterocycles. The molecule has 0 amide bonds. The Balaban J connectivity index is 2.17. The van der Waals surface area contributed by atoms with Crippen LogP contribution in [0.5, 0.6) is 0 Å². The molecule has 2 aromatic carbocycles. The predicted molar refractivity (Wildman–Crippen MR) is 91.7 cm³/mol. The van der Waals surface area contributed by atoms with Gasteiger partial charge in [0.1, 0.15) is 17.3 Å². The lowest BCUT2D eigenvalue weighted by Crippen LogP contribution is -2.11. The Morgan fingerprint density at radius 2 is 1.68 bits per heavy atom. The molecule has 116 valence electrons. The van der Waals surface area contributed by atoms with Crippen LogP contribution in [0.1, 0.15) is 42.3 Å². The fraction of sp³-hybridized carbons (Fsp3) is 0.278. The number of carbonyl (C=O) groups is 1. The van der Waals surface area contributed by atoms with E-state index in [4.69, 9.17) is 0 Å². The number of aryl methyl sites for hydroxylation is 1. The monoisotopic (exact) mass is 315 g/mol. The van der Waals surface area contributed by atoms with Crippen molar-refractivity contribution in [2.45, 2.75) is 38.0 Å². The Bertz CT molecular complexity index is 700. The molecule has 0 heterocycles. The molecule has 0 saturated carbocycles. The Morgan fingerprint density at radius 3 is 2.23 bits per heavy atom. The minimum atomic E-state index is -1.39. The lowest BCUT2D eigenvalue weighted by Gasteiger charge is -2.19. The Hall–Kier alpha value is -1.94. The van der Waals surface area contributed by atoms with Crippen molar-refractivity contribution < 1.29 is 9.00 Å². The standard InChI is InChI=1S/C18H21NO2S/c1-13-5-10-17(11-14(13)12-20)22(21)19-16-8-6-15(7-9-16)18(2,3)4/h5-12,19H,1-4H3. The van der Waals surface area contributed by atoms with Crippen LogP contribution in [0.4, 0.5) is 5.69 Å². The lowest BCUT2D eigenvalue weighted by atomic mass is 9.87. The van der Waals surface area contributed by atoms with Crippen LogP contribution in [-0.2, 0) is 16.4 Å². The van der Waals surface area contributed by atoms with Gasteiger partial charge in [-0.15, -0.1) is 0 Å². The number of hydrogen-bond donors (Lipinski definition) is 1. The third kappa shape index (κ3) is 3.83. The molecule has 0 fully saturated rings. The minimum absolute atomic E-state index is 0.0908. The van der Waals surface area contributed by atoms with E-state index in [0.717, 1.165) is 17.5 Å². The third-order valence-corrected chi connectivity index (χ3v) is 4.66. The van der Waals surface area contributed by atoms with Crippen molar-refractivity contribution >= 4 is 23.0 Å². The second-order valence-electron chi connectivity index (χ2n) is 6.33. The zero-order valence-electron chi connectivity index (χ0n) is 13.3. The van der Waals surface area contributed by atoms with E-state index >= 15 is 0 Å². The maximum atomic E-state index is 12.4. The summed E-state index contributed by atoms with van der Waals surface area (Å²) >= 11 is 0. The fourth-order valence-corrected chi connectivity index (χ4v) is 2.96. The van der Waals surface area contributed by atoms with E-state index in [9.17, 15) is 9.00 Å². The van der Waals surface area contributed by atoms with Crippen molar-refractivity contribution in [2.75, 3.05) is 4.72 Å². The summed E-state index contributed by atoms with van der Waals surface area (Å²) in [7, 11) is -1.39. The van der Waals surface area contributed by atoms with Crippen molar-refractivity contribution in [3.8, 4) is 0 Å². The molecular weight excluding hydrogens is 294 g/mol. The summed E-state index contributed by atoms with van der Waals surface area (Å²) in [6.07, 6.45) is 0.786. The zero-order chi connectivity index (χ0) is 16.3. The molecule has 2 aromatic rings. The van der Waals surface area contributed by atoms with Crippen molar-refractivity contribution in [3.63, 3.8) is 0 Å². The molecule has 0 aliphatic rings. The third-order valence-electron chi connectivity index (χ3n) is 3.55. The van der Waals surface area contributed by atoms with Gasteiger partial charge in [-0.3, -0.25) is 4.79 Å². The smallest absolute Gasteiger partial charge is 0.150 e. The molecule has 0 spiro atoms. The van der Waals surface area contributed by atoms with Gasteiger partial charge in [-0.05, 0) is 47.7 Å². The number of hydrogen-bond acceptors (Lipinski definition) is 2. The number of nitrogens with one attached hydrogen (secondary N) is 1. The van der Waals surface area contributed by atoms with E-state index in [-0.39, 0.29) is 5.41 Å². The van der Waals surface area contributed by atoms with Crippen LogP contribution in [0.3, 0.4) is 0 Å². The van der Waals surface area contributed by atoms with Gasteiger partial charge in [-0.1, -0.05) is 39.0 Å². The van der Waals surface area contributed by atoms with E-state index in [1.165, 1.54) is 5.56 Å². The topological polar surface area (TPSA) is 46.2 Å². The highest BCUT2D eigenvalue weighted by molar-refractivity contribution is 7.86. The normalized spacial score (nSPS) is 12.7. The highest BCUT2D eigenvalue weighted by Crippen LogP contribution is 2.24. The first-order valence-corrected chi connectivity index (χ1v) is 8.31. The van der Waals surface area contributed by atoms with Crippen LogP contribution < -0.4 is 4.72 Å². The van der Waals surface area contributed by atoms with Crippen molar-refractivity contribution in [1.82, 2.24) is 0 Å². The van der Waals surface area contributed by atoms with Crippen LogP contribution in [0.25, 0.3) is 0 Å². The van der Waals surface area contributed by atoms with Crippen LogP contribution in [0, 0.1) is 6.92 Å². The first-order valence-electron chi connectivity index (χ1n) is 7.16. The van der Waals surface area contributed by atoms with Gasteiger partial charge >= 0.3 is 0 Å². The van der Waals surface area contributed by atoms with Crippen molar-refractivity contribution in [2.24, 2.45) is 0 Å². The zero-order valence-corrected chi connectivity index (χ0v) is 14.2. The molecule has 0 aliphatic heterocycles. The maximum absolute atomic E-state index is 12.4. The predicted octanol–water partition coefficient (Wildman–Crippen LogP) is 4.24. The Morgan fingerprint density at radius 1 is 1.05 bits per heavy atom. The highest BCUT2D eigenvalue weighted by atomic mass is 32.2. The SMILES string of the molecule is Cc1ccc(S(=O)Nc2ccc(C(C)(C)C)cc2)cc1C=O. The van der Waals surface area contributed by atoms with E-state index in [1.807, 2.05) is 31.2 Å². The molecule has 22 heavy (non-hydrogen) atoms. The Kier molecular flexibility index (Phi) is 4.81. The molecule has 1 atom stereocenters. The molecule has 3 nitrogen and oxygen atoms in total. The molecule has 4 heteroatoms. The number of aldehydes is 1. The number of anilines is 1. The molecule has 2 rings (SSSR count). The summed E-state index contributed by atoms with van der Waals surface area (Å²) in [6, 6.07) is 13.2. The first-order chi connectivity index (χ1) is 10.3. The van der Waals surface area contributed by atoms with Gasteiger partial charge in [-0.25, -0.2) is 4.21 Å². The first kappa shape index (κ1) is 16.4. The molecule has 0 aromatic heterocycles. The Labute approximate surface area is 134 Å². The average Bonchev–Trinajstić information content (AvgIpc) is 2.47. The average molecular weight is 315 g/mol. The van der Waals surface area contributed by atoms with Gasteiger partial charge in [0.05, 0.1) is 4.90 Å². The number of rotatable bonds is 4. The molecular formula is C18H21NO2S. The van der Waals surface area contributed by atoms with E-state index in [1.54, 1.807) is 18.2 Å². The van der Waals surface area contributed by atoms with Gasteiger partial charge in [-0.2, -0.15) is 0 Å². The molecule has 0 aliphatic carbocycles. The van der Waals surface area contributed by atoms with Gasteiger partial charge in [0.25, 0.3) is 0 Å². The van der Waals surface area contributed by atoms with Gasteiger partial charge < -0.3 is 4.72 Å². The van der Waals surface area contributed by atoms with Crippen LogP contribution in [0.2, 0.25) is 0 Å². The lowest BCUT2D eigenvalue weighted by molar-refractivity contribution is 0.112. The second kappa shape index (κ2) is 6.44. The van der Waals surface area contributed by atoms with Gasteiger partial charge in [0.15, 0.2) is 0 Å². The summed E-state index contributed by atoms with van der Waals surface area (Å²) in [5.74, 6) is 0. The van der Waals surface area contributed by atoms with E-state index in [0.29, 0.717) is 10.5 Å². The van der Waals surface area contributed by atoms with Crippen molar-refractivity contribution in [1.29, 1.82) is 0 Å². The molecule has 1 unspecified atom stereocenters. The number of carbonyl (C=O) groups excluding carboxylic acids is 1. The summed E-state index contributed by atoms with van der Waals surface area (Å²) in [4.78, 5) is 11.6. The maximum Gasteiger partial charge on any atom is 0.150 e. The van der Waals surface area contributed by atoms with Crippen LogP contribution >= 0.6 is 0 Å². The van der Waals surface area contributed by atoms with Crippen LogP contribution in [0.15, 0.2) is 47.4 Å². The van der Waals surface area contributed by atoms with Gasteiger partial charge in [0, 0.05) is 11.3 Å². The van der Waals surface area contributed by atoms with E-state index in [2.05, 4.69) is 25.5 Å². The molecule has 0 bridgehead atoms. The molecule has 0 radical (unpaired) electrons. The molecule has 1 N–H and O–H groups in total.